The first-order valence-electron chi connectivity index (χ1n) is 7.10. The van der Waals surface area contributed by atoms with Crippen LogP contribution in [0.3, 0.4) is 0 Å². The Kier molecular flexibility index (Phi) is 4.67. The van der Waals surface area contributed by atoms with Gasteiger partial charge in [0.2, 0.25) is 5.91 Å². The molecule has 0 spiro atoms. The molecule has 6 nitrogen and oxygen atoms in total. The van der Waals surface area contributed by atoms with E-state index in [0.717, 1.165) is 12.8 Å². The van der Waals surface area contributed by atoms with E-state index in [-0.39, 0.29) is 28.8 Å². The lowest BCUT2D eigenvalue weighted by molar-refractivity contribution is -0.119. The number of nitrogens with one attached hydrogen (secondary N) is 1. The number of likely N-dealkylation sites (tertiary alicyclic amines) is 1. The fraction of sp³-hybridized carbons (Fsp3) is 0.467. The van der Waals surface area contributed by atoms with Crippen LogP contribution < -0.4 is 11.1 Å². The molecule has 2 rings (SSSR count). The monoisotopic (exact) mass is 291 g/mol. The van der Waals surface area contributed by atoms with Gasteiger partial charge in [-0.05, 0) is 30.9 Å². The maximum absolute atomic E-state index is 12.4. The zero-order valence-electron chi connectivity index (χ0n) is 12.1. The summed E-state index contributed by atoms with van der Waals surface area (Å²) in [5, 5.41) is 12.7. The topological polar surface area (TPSA) is 95.7 Å². The molecule has 1 aliphatic heterocycles. The van der Waals surface area contributed by atoms with Crippen molar-refractivity contribution >= 4 is 17.5 Å². The fourth-order valence-corrected chi connectivity index (χ4v) is 2.53. The van der Waals surface area contributed by atoms with Gasteiger partial charge in [0.25, 0.3) is 5.91 Å². The highest BCUT2D eigenvalue weighted by Crippen LogP contribution is 2.27. The minimum Gasteiger partial charge on any atom is -0.505 e. The number of carbonyl (C=O) groups excluding carboxylic acids is 2. The van der Waals surface area contributed by atoms with E-state index in [1.54, 1.807) is 23.1 Å². The van der Waals surface area contributed by atoms with Crippen LogP contribution in [0.4, 0.5) is 5.69 Å². The number of amides is 2. The molecule has 1 aromatic rings. The van der Waals surface area contributed by atoms with E-state index >= 15 is 0 Å². The number of nitrogens with two attached hydrogens (primary N) is 1. The molecule has 1 heterocycles. The molecule has 0 unspecified atom stereocenters. The summed E-state index contributed by atoms with van der Waals surface area (Å²) in [5.74, 6) is 0.0197. The summed E-state index contributed by atoms with van der Waals surface area (Å²) < 4.78 is 0. The van der Waals surface area contributed by atoms with Crippen molar-refractivity contribution in [3.05, 3.63) is 23.8 Å². The highest BCUT2D eigenvalue weighted by molar-refractivity contribution is 5.98. The molecule has 0 bridgehead atoms. The second kappa shape index (κ2) is 6.47. The molecule has 0 aliphatic carbocycles. The first-order valence-corrected chi connectivity index (χ1v) is 7.10. The van der Waals surface area contributed by atoms with Gasteiger partial charge in [-0.1, -0.05) is 6.07 Å². The smallest absolute Gasteiger partial charge is 0.257 e. The number of carbonyl (C=O) groups is 2. The van der Waals surface area contributed by atoms with Crippen LogP contribution in [0.1, 0.15) is 30.1 Å². The van der Waals surface area contributed by atoms with E-state index in [4.69, 9.17) is 5.73 Å². The Morgan fingerprint density at radius 2 is 2.05 bits per heavy atom. The number of nitrogen functional groups attached to an aromatic ring is 1. The predicted molar refractivity (Wildman–Crippen MR) is 79.8 cm³/mol. The van der Waals surface area contributed by atoms with E-state index in [1.807, 2.05) is 0 Å². The van der Waals surface area contributed by atoms with Crippen molar-refractivity contribution in [1.29, 1.82) is 0 Å². The van der Waals surface area contributed by atoms with Crippen LogP contribution in [0, 0.1) is 5.92 Å². The Hall–Kier alpha value is -2.24. The van der Waals surface area contributed by atoms with Crippen molar-refractivity contribution in [1.82, 2.24) is 10.2 Å². The number of para-hydroxylation sites is 1. The number of hydrogen-bond donors (Lipinski definition) is 3. The van der Waals surface area contributed by atoms with Gasteiger partial charge in [0.1, 0.15) is 0 Å². The van der Waals surface area contributed by atoms with Gasteiger partial charge >= 0.3 is 0 Å². The molecular formula is C15H21N3O3. The summed E-state index contributed by atoms with van der Waals surface area (Å²) in [6.07, 6.45) is 1.68. The zero-order chi connectivity index (χ0) is 15.4. The molecule has 4 N–H and O–H groups in total. The quantitative estimate of drug-likeness (QED) is 0.571. The predicted octanol–water partition coefficient (Wildman–Crippen LogP) is 0.963. The third-order valence-corrected chi connectivity index (χ3v) is 3.84. The molecule has 1 fully saturated rings. The largest absolute Gasteiger partial charge is 0.505 e. The third kappa shape index (κ3) is 3.65. The van der Waals surface area contributed by atoms with Gasteiger partial charge in [0, 0.05) is 26.6 Å². The van der Waals surface area contributed by atoms with Crippen LogP contribution >= 0.6 is 0 Å². The van der Waals surface area contributed by atoms with Crippen LogP contribution in [-0.2, 0) is 4.79 Å². The Morgan fingerprint density at radius 1 is 1.38 bits per heavy atom. The van der Waals surface area contributed by atoms with Crippen molar-refractivity contribution in [2.24, 2.45) is 5.92 Å². The van der Waals surface area contributed by atoms with Crippen molar-refractivity contribution in [3.8, 4) is 5.75 Å². The summed E-state index contributed by atoms with van der Waals surface area (Å²) >= 11 is 0. The maximum Gasteiger partial charge on any atom is 0.257 e. The molecule has 1 saturated heterocycles. The van der Waals surface area contributed by atoms with Crippen molar-refractivity contribution in [3.63, 3.8) is 0 Å². The Morgan fingerprint density at radius 3 is 2.67 bits per heavy atom. The lowest BCUT2D eigenvalue weighted by atomic mass is 9.96. The molecule has 0 radical (unpaired) electrons. The Bertz CT molecular complexity index is 537. The van der Waals surface area contributed by atoms with Gasteiger partial charge in [0.05, 0.1) is 11.3 Å². The second-order valence-electron chi connectivity index (χ2n) is 5.42. The molecule has 6 heteroatoms. The van der Waals surface area contributed by atoms with E-state index in [0.29, 0.717) is 25.6 Å². The summed E-state index contributed by atoms with van der Waals surface area (Å²) in [4.78, 5) is 25.0. The third-order valence-electron chi connectivity index (χ3n) is 3.84. The molecular weight excluding hydrogens is 270 g/mol. The Balaban J connectivity index is 1.94. The van der Waals surface area contributed by atoms with Crippen LogP contribution in [0.2, 0.25) is 0 Å². The maximum atomic E-state index is 12.4. The number of phenols is 1. The number of nitrogens with zero attached hydrogens (tertiary/aromatic N) is 1. The number of hydrogen-bond acceptors (Lipinski definition) is 4. The summed E-state index contributed by atoms with van der Waals surface area (Å²) in [7, 11) is 0. The molecule has 0 atom stereocenters. The number of piperidine rings is 1. The van der Waals surface area contributed by atoms with Gasteiger partial charge in [-0.3, -0.25) is 9.59 Å². The highest BCUT2D eigenvalue weighted by Gasteiger charge is 2.25. The van der Waals surface area contributed by atoms with Crippen molar-refractivity contribution in [2.45, 2.75) is 19.8 Å². The molecule has 0 aromatic heterocycles. The van der Waals surface area contributed by atoms with Crippen LogP contribution in [0.15, 0.2) is 18.2 Å². The summed E-state index contributed by atoms with van der Waals surface area (Å²) in [6, 6.07) is 4.80. The van der Waals surface area contributed by atoms with Gasteiger partial charge in [-0.25, -0.2) is 0 Å². The SMILES string of the molecule is CC(=O)NCC1CCN(C(=O)c2cccc(N)c2O)CC1. The lowest BCUT2D eigenvalue weighted by Crippen LogP contribution is -2.41. The number of anilines is 1. The number of aromatic hydroxyl groups is 1. The van der Waals surface area contributed by atoms with E-state index < -0.39 is 0 Å². The van der Waals surface area contributed by atoms with E-state index in [2.05, 4.69) is 5.32 Å². The lowest BCUT2D eigenvalue weighted by Gasteiger charge is -2.32. The standard InChI is InChI=1S/C15H21N3O3/c1-10(19)17-9-11-5-7-18(8-6-11)15(21)12-3-2-4-13(16)14(12)20/h2-4,11,20H,5-9,16H2,1H3,(H,17,19). The van der Waals surface area contributed by atoms with Gasteiger partial charge in [-0.2, -0.15) is 0 Å². The molecule has 114 valence electrons. The number of benzene rings is 1. The summed E-state index contributed by atoms with van der Waals surface area (Å²) in [6.45, 7) is 3.40. The van der Waals surface area contributed by atoms with Gasteiger partial charge in [0.15, 0.2) is 5.75 Å². The first-order chi connectivity index (χ1) is 9.99. The van der Waals surface area contributed by atoms with Crippen molar-refractivity contribution in [2.75, 3.05) is 25.4 Å². The first kappa shape index (κ1) is 15.2. The van der Waals surface area contributed by atoms with Crippen LogP contribution in [0.5, 0.6) is 5.75 Å². The van der Waals surface area contributed by atoms with E-state index in [1.165, 1.54) is 6.92 Å². The minimum absolute atomic E-state index is 0.0295. The summed E-state index contributed by atoms with van der Waals surface area (Å²) in [5.41, 5.74) is 6.07. The highest BCUT2D eigenvalue weighted by atomic mass is 16.3. The average Bonchev–Trinajstić information content (AvgIpc) is 2.48. The zero-order valence-corrected chi connectivity index (χ0v) is 12.1. The van der Waals surface area contributed by atoms with E-state index in [9.17, 15) is 14.7 Å². The van der Waals surface area contributed by atoms with Crippen molar-refractivity contribution < 1.29 is 14.7 Å². The number of rotatable bonds is 3. The van der Waals surface area contributed by atoms with Crippen LogP contribution in [0.25, 0.3) is 0 Å². The van der Waals surface area contributed by atoms with Gasteiger partial charge < -0.3 is 21.1 Å². The minimum atomic E-state index is -0.197. The molecule has 2 amide bonds. The molecule has 21 heavy (non-hydrogen) atoms. The number of phenolic OH excluding ortho intramolecular Hbond substituents is 1. The molecule has 1 aromatic carbocycles. The normalized spacial score (nSPS) is 15.8. The Labute approximate surface area is 123 Å². The molecule has 0 saturated carbocycles. The van der Waals surface area contributed by atoms with Gasteiger partial charge in [-0.15, -0.1) is 0 Å². The molecule has 1 aliphatic rings. The van der Waals surface area contributed by atoms with Crippen LogP contribution in [-0.4, -0.2) is 41.5 Å². The fourth-order valence-electron chi connectivity index (χ4n) is 2.53. The second-order valence-corrected chi connectivity index (χ2v) is 5.42. The average molecular weight is 291 g/mol.